The highest BCUT2D eigenvalue weighted by molar-refractivity contribution is 6.04. The number of nitrogens with two attached hydrogens (primary N) is 1. The van der Waals surface area contributed by atoms with Crippen LogP contribution in [0, 0.1) is 5.82 Å². The van der Waals surface area contributed by atoms with Crippen LogP contribution in [-0.2, 0) is 13.2 Å². The van der Waals surface area contributed by atoms with E-state index in [0.717, 1.165) is 0 Å². The minimum absolute atomic E-state index is 0.00412. The molecule has 0 bridgehead atoms. The number of hydrogen-bond donors (Lipinski definition) is 3. The number of aliphatic hydroxyl groups is 1. The van der Waals surface area contributed by atoms with Crippen LogP contribution in [0.4, 0.5) is 10.3 Å². The topological polar surface area (TPSA) is 114 Å². The van der Waals surface area contributed by atoms with Gasteiger partial charge in [0.25, 0.3) is 5.91 Å². The largest absolute Gasteiger partial charge is 0.390 e. The maximum atomic E-state index is 13.8. The van der Waals surface area contributed by atoms with Crippen LogP contribution in [0.3, 0.4) is 0 Å². The van der Waals surface area contributed by atoms with E-state index in [9.17, 15) is 9.18 Å². The molecule has 3 aromatic rings. The van der Waals surface area contributed by atoms with Crippen molar-refractivity contribution in [3.05, 3.63) is 59.3 Å². The summed E-state index contributed by atoms with van der Waals surface area (Å²) in [6.07, 6.45) is 0. The number of nitrogens with zero attached hydrogens (tertiary/aromatic N) is 3. The molecule has 0 spiro atoms. The monoisotopic (exact) mass is 327 g/mol. The van der Waals surface area contributed by atoms with Crippen molar-refractivity contribution < 1.29 is 14.3 Å². The lowest BCUT2D eigenvalue weighted by molar-refractivity contribution is 0.0947. The molecule has 0 aliphatic heterocycles. The van der Waals surface area contributed by atoms with Crippen LogP contribution >= 0.6 is 0 Å². The quantitative estimate of drug-likeness (QED) is 0.663. The summed E-state index contributed by atoms with van der Waals surface area (Å²) in [5.41, 5.74) is 6.64. The smallest absolute Gasteiger partial charge is 0.271 e. The van der Waals surface area contributed by atoms with Gasteiger partial charge in [-0.1, -0.05) is 18.2 Å². The first-order valence-corrected chi connectivity index (χ1v) is 7.14. The average molecular weight is 327 g/mol. The number of aromatic nitrogens is 3. The van der Waals surface area contributed by atoms with Crippen LogP contribution in [0.2, 0.25) is 0 Å². The Labute approximate surface area is 136 Å². The number of rotatable bonds is 4. The molecule has 1 amide bonds. The Morgan fingerprint density at radius 1 is 1.12 bits per heavy atom. The van der Waals surface area contributed by atoms with Crippen LogP contribution in [0.1, 0.15) is 21.9 Å². The summed E-state index contributed by atoms with van der Waals surface area (Å²) in [5, 5.41) is 12.0. The Morgan fingerprint density at radius 2 is 1.88 bits per heavy atom. The number of benzene rings is 1. The van der Waals surface area contributed by atoms with Crippen molar-refractivity contribution in [2.45, 2.75) is 13.2 Å². The molecule has 0 aliphatic carbocycles. The second kappa shape index (κ2) is 6.55. The predicted octanol–water partition coefficient (Wildman–Crippen LogP) is 1.17. The Bertz CT molecular complexity index is 916. The van der Waals surface area contributed by atoms with Gasteiger partial charge in [0.1, 0.15) is 17.0 Å². The summed E-state index contributed by atoms with van der Waals surface area (Å²) in [7, 11) is 0. The summed E-state index contributed by atoms with van der Waals surface area (Å²) < 4.78 is 13.8. The number of carbonyl (C=O) groups is 1. The lowest BCUT2D eigenvalue weighted by Crippen LogP contribution is -2.25. The maximum Gasteiger partial charge on any atom is 0.271 e. The van der Waals surface area contributed by atoms with E-state index in [-0.39, 0.29) is 35.7 Å². The van der Waals surface area contributed by atoms with E-state index in [1.807, 2.05) is 0 Å². The first-order chi connectivity index (χ1) is 11.6. The van der Waals surface area contributed by atoms with Gasteiger partial charge in [-0.05, 0) is 18.2 Å². The van der Waals surface area contributed by atoms with Crippen molar-refractivity contribution in [1.29, 1.82) is 0 Å². The van der Waals surface area contributed by atoms with Gasteiger partial charge in [0.05, 0.1) is 24.5 Å². The number of pyridine rings is 1. The molecule has 2 heterocycles. The lowest BCUT2D eigenvalue weighted by atomic mass is 10.1. The summed E-state index contributed by atoms with van der Waals surface area (Å²) >= 11 is 0. The zero-order valence-corrected chi connectivity index (χ0v) is 12.5. The second-order valence-electron chi connectivity index (χ2n) is 5.03. The zero-order valence-electron chi connectivity index (χ0n) is 12.5. The van der Waals surface area contributed by atoms with Crippen LogP contribution in [0.5, 0.6) is 0 Å². The summed E-state index contributed by atoms with van der Waals surface area (Å²) in [5.74, 6) is -1.28. The number of fused-ring (bicyclic) bond motifs is 1. The number of aliphatic hydroxyl groups excluding tert-OH is 1. The molecular formula is C16H14FN5O2. The molecular weight excluding hydrogens is 313 g/mol. The van der Waals surface area contributed by atoms with Crippen LogP contribution < -0.4 is 11.1 Å². The van der Waals surface area contributed by atoms with Crippen molar-refractivity contribution in [3.63, 3.8) is 0 Å². The van der Waals surface area contributed by atoms with Gasteiger partial charge in [0.2, 0.25) is 5.95 Å². The number of anilines is 1. The van der Waals surface area contributed by atoms with Crippen LogP contribution in [-0.4, -0.2) is 26.0 Å². The third-order valence-corrected chi connectivity index (χ3v) is 3.37. The van der Waals surface area contributed by atoms with Crippen LogP contribution in [0.25, 0.3) is 10.9 Å². The molecule has 0 atom stereocenters. The minimum atomic E-state index is -0.576. The van der Waals surface area contributed by atoms with Crippen LogP contribution in [0.15, 0.2) is 36.4 Å². The SMILES string of the molecule is Nc1nc(C(=O)NCc2cccc(CO)n2)c2cccc(F)c2n1. The van der Waals surface area contributed by atoms with Gasteiger partial charge in [-0.2, -0.15) is 0 Å². The molecule has 0 saturated carbocycles. The molecule has 8 heteroatoms. The Kier molecular flexibility index (Phi) is 4.30. The van der Waals surface area contributed by atoms with Crippen molar-refractivity contribution in [1.82, 2.24) is 20.3 Å². The standard InChI is InChI=1S/C16H14FN5O2/c17-12-6-2-5-11-13(12)21-16(18)22-14(11)15(24)19-7-9-3-1-4-10(8-23)20-9/h1-6,23H,7-8H2,(H,19,24)(H2,18,21,22). The van der Waals surface area contributed by atoms with E-state index in [0.29, 0.717) is 11.4 Å². The number of halogens is 1. The summed E-state index contributed by atoms with van der Waals surface area (Å²) in [4.78, 5) is 24.3. The molecule has 0 fully saturated rings. The molecule has 0 aliphatic rings. The van der Waals surface area contributed by atoms with Crippen molar-refractivity contribution in [2.75, 3.05) is 5.73 Å². The Balaban J connectivity index is 1.87. The normalized spacial score (nSPS) is 10.8. The first kappa shape index (κ1) is 15.8. The van der Waals surface area contributed by atoms with E-state index >= 15 is 0 Å². The van der Waals surface area contributed by atoms with Crippen molar-refractivity contribution >= 4 is 22.8 Å². The maximum absolute atomic E-state index is 13.8. The molecule has 7 nitrogen and oxygen atoms in total. The fraction of sp³-hybridized carbons (Fsp3) is 0.125. The van der Waals surface area contributed by atoms with Crippen molar-refractivity contribution in [3.8, 4) is 0 Å². The van der Waals surface area contributed by atoms with Gasteiger partial charge in [0, 0.05) is 5.39 Å². The fourth-order valence-corrected chi connectivity index (χ4v) is 2.28. The fourth-order valence-electron chi connectivity index (χ4n) is 2.28. The second-order valence-corrected chi connectivity index (χ2v) is 5.03. The molecule has 3 rings (SSSR count). The van der Waals surface area contributed by atoms with Gasteiger partial charge in [0.15, 0.2) is 0 Å². The highest BCUT2D eigenvalue weighted by Crippen LogP contribution is 2.19. The van der Waals surface area contributed by atoms with E-state index < -0.39 is 11.7 Å². The number of carbonyl (C=O) groups excluding carboxylic acids is 1. The number of hydrogen-bond acceptors (Lipinski definition) is 6. The molecule has 0 saturated heterocycles. The summed E-state index contributed by atoms with van der Waals surface area (Å²) in [6, 6.07) is 9.38. The predicted molar refractivity (Wildman–Crippen MR) is 85.2 cm³/mol. The highest BCUT2D eigenvalue weighted by atomic mass is 19.1. The highest BCUT2D eigenvalue weighted by Gasteiger charge is 2.16. The van der Waals surface area contributed by atoms with Crippen molar-refractivity contribution in [2.24, 2.45) is 0 Å². The molecule has 2 aromatic heterocycles. The first-order valence-electron chi connectivity index (χ1n) is 7.14. The van der Waals surface area contributed by atoms with Gasteiger partial charge in [-0.3, -0.25) is 9.78 Å². The molecule has 0 radical (unpaired) electrons. The lowest BCUT2D eigenvalue weighted by Gasteiger charge is -2.08. The molecule has 1 aromatic carbocycles. The Morgan fingerprint density at radius 3 is 2.67 bits per heavy atom. The Hall–Kier alpha value is -3.13. The van der Waals surface area contributed by atoms with Gasteiger partial charge in [-0.25, -0.2) is 14.4 Å². The van der Waals surface area contributed by atoms with Gasteiger partial charge < -0.3 is 16.2 Å². The summed E-state index contributed by atoms with van der Waals surface area (Å²) in [6.45, 7) is -0.0540. The van der Waals surface area contributed by atoms with Gasteiger partial charge in [-0.15, -0.1) is 0 Å². The van der Waals surface area contributed by atoms with E-state index in [2.05, 4.69) is 20.3 Å². The third-order valence-electron chi connectivity index (χ3n) is 3.37. The number of amides is 1. The van der Waals surface area contributed by atoms with Gasteiger partial charge >= 0.3 is 0 Å². The molecule has 0 unspecified atom stereocenters. The number of para-hydroxylation sites is 1. The minimum Gasteiger partial charge on any atom is -0.390 e. The molecule has 4 N–H and O–H groups in total. The molecule has 122 valence electrons. The van der Waals surface area contributed by atoms with E-state index in [1.54, 1.807) is 24.3 Å². The zero-order chi connectivity index (χ0) is 17.1. The van der Waals surface area contributed by atoms with E-state index in [4.69, 9.17) is 10.8 Å². The average Bonchev–Trinajstić information content (AvgIpc) is 2.60. The number of nitrogens with one attached hydrogen (secondary N) is 1. The third kappa shape index (κ3) is 3.13. The number of nitrogen functional groups attached to an aromatic ring is 1. The van der Waals surface area contributed by atoms with E-state index in [1.165, 1.54) is 12.1 Å². The molecule has 24 heavy (non-hydrogen) atoms.